The van der Waals surface area contributed by atoms with Crippen LogP contribution in [0.2, 0.25) is 36.3 Å². The van der Waals surface area contributed by atoms with E-state index in [1.165, 1.54) is 113 Å². The molecule has 0 aromatic rings. The lowest BCUT2D eigenvalue weighted by Gasteiger charge is -2.78. The minimum absolute atomic E-state index is 0.0859. The fraction of sp³-hybridized carbons (Fsp3) is 0.976. The first kappa shape index (κ1) is 141. The monoisotopic (exact) mass is 2420 g/mol. The molecule has 0 amide bonds. The summed E-state index contributed by atoms with van der Waals surface area (Å²) in [5.74, 6) is 2.79. The maximum absolute atomic E-state index is 7.15. The first-order valence-electron chi connectivity index (χ1n) is 49.1. The van der Waals surface area contributed by atoms with Gasteiger partial charge in [0.2, 0.25) is 0 Å². The Labute approximate surface area is 907 Å². The highest BCUT2D eigenvalue weighted by molar-refractivity contribution is 9.44. The van der Waals surface area contributed by atoms with Crippen LogP contribution in [0.3, 0.4) is 0 Å². The molecule has 0 radical (unpaired) electrons. The Morgan fingerprint density at radius 3 is 0.636 bits per heavy atom. The highest BCUT2D eigenvalue weighted by atomic mass is 33.8. The summed E-state index contributed by atoms with van der Waals surface area (Å²) in [6.45, 7) is 61.1. The van der Waals surface area contributed by atoms with Crippen molar-refractivity contribution in [1.29, 1.82) is 0 Å². The largest absolute Gasteiger partial charge is 0.500 e. The van der Waals surface area contributed by atoms with Crippen LogP contribution in [0, 0.1) is 16.7 Å². The van der Waals surface area contributed by atoms with E-state index < -0.39 is 121 Å². The van der Waals surface area contributed by atoms with Gasteiger partial charge < -0.3 is 79.7 Å². The molecule has 0 aromatic heterocycles. The smallest absolute Gasteiger partial charge is 0.374 e. The van der Waals surface area contributed by atoms with Crippen LogP contribution in [-0.4, -0.2) is 215 Å². The lowest BCUT2D eigenvalue weighted by Crippen LogP contribution is -2.68. The van der Waals surface area contributed by atoms with E-state index in [0.717, 1.165) is 28.4 Å². The summed E-state index contributed by atoms with van der Waals surface area (Å²) in [7, 11) is -29.7. The van der Waals surface area contributed by atoms with E-state index in [1.807, 2.05) is 125 Å². The summed E-state index contributed by atoms with van der Waals surface area (Å²) in [6, 6.07) is 2.77. The first-order valence-corrected chi connectivity index (χ1v) is 92.1. The molecular formula is C84H192O18S24Si6. The Balaban J connectivity index is 12.9. The first-order chi connectivity index (χ1) is 62.7. The third kappa shape index (κ3) is 41.5. The van der Waals surface area contributed by atoms with Gasteiger partial charge in [-0.1, -0.05) is 144 Å². The third-order valence-corrected chi connectivity index (χ3v) is 108. The van der Waals surface area contributed by atoms with Gasteiger partial charge in [-0.3, -0.25) is 0 Å². The molecule has 0 fully saturated rings. The number of unbranched alkanes of at least 4 members (excludes halogenated alkanes) is 14. The molecule has 0 saturated heterocycles. The highest BCUT2D eigenvalue weighted by Crippen LogP contribution is 3.06. The van der Waals surface area contributed by atoms with Gasteiger partial charge in [0.15, 0.2) is 0 Å². The quantitative estimate of drug-likeness (QED) is 0.0120. The fourth-order valence-corrected chi connectivity index (χ4v) is 101. The van der Waals surface area contributed by atoms with E-state index in [2.05, 4.69) is 48.5 Å². The molecule has 8 unspecified atom stereocenters. The molecule has 0 heterocycles. The Morgan fingerprint density at radius 2 is 0.439 bits per heavy atom. The van der Waals surface area contributed by atoms with Gasteiger partial charge in [-0.15, -0.1) is 188 Å². The normalized spacial score (nSPS) is 18.6. The van der Waals surface area contributed by atoms with Gasteiger partial charge in [-0.2, -0.15) is 0 Å². The van der Waals surface area contributed by atoms with Gasteiger partial charge >= 0.3 is 52.8 Å². The molecule has 48 heteroatoms. The molecule has 8 atom stereocenters. The zero-order chi connectivity index (χ0) is 100. The summed E-state index contributed by atoms with van der Waals surface area (Å²) in [6.07, 6.45) is 23.3. The molecular weight excluding hydrogens is 2240 g/mol. The van der Waals surface area contributed by atoms with Crippen LogP contribution in [0.1, 0.15) is 314 Å². The molecule has 0 bridgehead atoms. The van der Waals surface area contributed by atoms with Gasteiger partial charge in [0.1, 0.15) is 4.08 Å². The van der Waals surface area contributed by atoms with Gasteiger partial charge in [-0.05, 0) is 280 Å². The van der Waals surface area contributed by atoms with Crippen molar-refractivity contribution in [2.24, 2.45) is 16.7 Å². The van der Waals surface area contributed by atoms with Crippen molar-refractivity contribution in [1.82, 2.24) is 0 Å². The van der Waals surface area contributed by atoms with Crippen molar-refractivity contribution in [3.8, 4) is 0 Å². The molecule has 0 aliphatic heterocycles. The number of hydrogen-bond donors (Lipinski definition) is 12. The molecule has 0 aromatic carbocycles. The van der Waals surface area contributed by atoms with Crippen molar-refractivity contribution in [2.45, 2.75) is 359 Å². The number of hydrogen-bond acceptors (Lipinski definition) is 36. The Kier molecular flexibility index (Phi) is 79.6. The summed E-state index contributed by atoms with van der Waals surface area (Å²) in [5.41, 5.74) is -1.53. The molecule has 0 aliphatic rings. The second kappa shape index (κ2) is 74.7. The summed E-state index contributed by atoms with van der Waals surface area (Å²) >= 11 is 77.6. The Morgan fingerprint density at radius 1 is 0.250 bits per heavy atom. The molecule has 132 heavy (non-hydrogen) atoms. The molecule has 804 valence electrons. The summed E-state index contributed by atoms with van der Waals surface area (Å²) < 4.78 is 123. The standard InChI is InChI=1S/C84H192O18S24Si6/c1-26-45-46-47-48-49-50-51-52-53-54-55-56-57-58-65-78(20)81(21,22)82(23,24)83(25,124(112,118-106)69-62-75-130(94-36-11,95-37-12)96-38-13)84(125(113,119-107)70-63-76-131(97-39-14,98-40-15)99-41-16,126(114,120-108)71-64-77-132(100-42-17,101-43-18)102-44-19)79(121(109,115-103)66-59-72-127(85-27-2,86-28-3)87-29-4)80(122(110,116-104)67-60-73-128(88-30-5,89-31-6)90-32-7)123(111,117-105)68-61-74-129(91-33-8,92-34-9)93-35-10/h78,103-114H,26-77H2,1-25H3. The van der Waals surface area contributed by atoms with Gasteiger partial charge in [0.05, 0.1) is 4.24 Å². The van der Waals surface area contributed by atoms with Crippen molar-refractivity contribution >= 4 is 300 Å². The third-order valence-electron chi connectivity index (χ3n) is 24.5. The predicted octanol–water partition coefficient (Wildman–Crippen LogP) is 34.0. The average Bonchev–Trinajstić information content (AvgIpc) is 0.643. The van der Waals surface area contributed by atoms with Crippen molar-refractivity contribution < 1.29 is 79.7 Å². The van der Waals surface area contributed by atoms with Gasteiger partial charge in [0.25, 0.3) is 0 Å². The zero-order valence-corrected chi connectivity index (χ0v) is 112. The SMILES string of the molecule is CCCCCCCCCCCCCCCCCC(C)C(C)(C)C(C)(C)C(C)(C(C(=C(S(S)(CCC[Si](OCC)(OCC)OCC)SS)S(S)(CCC[Si](OCC)(OCC)OCC)SS)S(S)(CCC[Si](OCC)(OCC)OCC)SS)(S(S)(CCC[Si](OCC)(OCC)OCC)SS)S(S)(CCC[Si](OCC)(OCC)OCC)SS)S(S)(CCC[Si](OCC)(OCC)OCC)SS. The second-order valence-corrected chi connectivity index (χ2v) is 101. The van der Waals surface area contributed by atoms with Crippen LogP contribution in [0.5, 0.6) is 0 Å². The van der Waals surface area contributed by atoms with E-state index in [4.69, 9.17) is 220 Å². The van der Waals surface area contributed by atoms with Crippen LogP contribution in [0.25, 0.3) is 0 Å². The van der Waals surface area contributed by atoms with Gasteiger partial charge in [0, 0.05) is 165 Å². The van der Waals surface area contributed by atoms with Crippen LogP contribution < -0.4 is 0 Å². The summed E-state index contributed by atoms with van der Waals surface area (Å²) in [4.78, 5) is 1.01. The van der Waals surface area contributed by atoms with Crippen molar-refractivity contribution in [3.63, 3.8) is 0 Å². The maximum atomic E-state index is 7.15. The lowest BCUT2D eigenvalue weighted by atomic mass is 9.55. The van der Waals surface area contributed by atoms with E-state index >= 15 is 0 Å². The van der Waals surface area contributed by atoms with E-state index in [1.54, 1.807) is 29.5 Å². The maximum Gasteiger partial charge on any atom is 0.500 e. The van der Waals surface area contributed by atoms with Crippen LogP contribution >= 0.6 is 247 Å². The number of rotatable bonds is 93. The van der Waals surface area contributed by atoms with Crippen LogP contribution in [-0.2, 0) is 79.7 Å². The molecule has 18 nitrogen and oxygen atoms in total. The van der Waals surface area contributed by atoms with E-state index in [-0.39, 0.29) is 5.92 Å². The Hall–Kier alpha value is 8.72. The molecule has 0 saturated carbocycles. The lowest BCUT2D eigenvalue weighted by molar-refractivity contribution is 0.0101. The average molecular weight is 2430 g/mol. The van der Waals surface area contributed by atoms with Gasteiger partial charge in [-0.25, -0.2) is 0 Å². The molecule has 0 rings (SSSR count). The summed E-state index contributed by atoms with van der Waals surface area (Å²) in [5, 5.41) is 0. The van der Waals surface area contributed by atoms with Crippen LogP contribution in [0.4, 0.5) is 0 Å². The number of thiol groups is 12. The molecule has 0 spiro atoms. The van der Waals surface area contributed by atoms with Crippen molar-refractivity contribution in [3.05, 3.63) is 9.14 Å². The van der Waals surface area contributed by atoms with Crippen LogP contribution in [0.15, 0.2) is 9.14 Å². The highest BCUT2D eigenvalue weighted by Gasteiger charge is 2.80. The van der Waals surface area contributed by atoms with E-state index in [9.17, 15) is 0 Å². The molecule has 0 aliphatic carbocycles. The minimum Gasteiger partial charge on any atom is -0.374 e. The minimum atomic E-state index is -3.52. The van der Waals surface area contributed by atoms with E-state index in [0.29, 0.717) is 228 Å². The second-order valence-electron chi connectivity index (χ2n) is 33.3. The zero-order valence-electron chi connectivity index (χ0n) is 86.0. The van der Waals surface area contributed by atoms with Crippen molar-refractivity contribution in [2.75, 3.05) is 153 Å². The fourth-order valence-electron chi connectivity index (χ4n) is 17.9. The Bertz CT molecular complexity index is 2770. The molecule has 0 N–H and O–H groups in total. The topological polar surface area (TPSA) is 166 Å². The predicted molar refractivity (Wildman–Crippen MR) is 663 cm³/mol.